The average molecular weight is 944 g/mol. The van der Waals surface area contributed by atoms with Gasteiger partial charge in [0, 0.05) is 53.6 Å². The maximum Gasteiger partial charge on any atom is 0.491 e. The molecule has 0 aliphatic carbocycles. The minimum atomic E-state index is -5.37. The highest BCUT2D eigenvalue weighted by atomic mass is 19.4. The number of carbonyl (C=O) groups is 3. The molecule has 356 valence electrons. The molecule has 0 spiro atoms. The number of aryl methyl sites for hydroxylation is 1. The maximum atomic E-state index is 13.3. The molecule has 0 saturated carbocycles. The first-order chi connectivity index (χ1) is 32.6. The fourth-order valence-corrected chi connectivity index (χ4v) is 7.83. The van der Waals surface area contributed by atoms with Crippen molar-refractivity contribution in [2.75, 3.05) is 43.4 Å². The number of likely N-dealkylation sites (tertiary alicyclic amines) is 1. The number of nitrogens with one attached hydrogen (secondary N) is 4. The van der Waals surface area contributed by atoms with Gasteiger partial charge in [-0.15, -0.1) is 0 Å². The van der Waals surface area contributed by atoms with E-state index < -0.39 is 53.3 Å². The molecule has 68 heavy (non-hydrogen) atoms. The quantitative estimate of drug-likeness (QED) is 0.0301. The summed E-state index contributed by atoms with van der Waals surface area (Å²) in [6.07, 6.45) is -9.11. The van der Waals surface area contributed by atoms with Crippen molar-refractivity contribution in [1.29, 1.82) is 0 Å². The summed E-state index contributed by atoms with van der Waals surface area (Å²) < 4.78 is 93.7. The number of aromatic amines is 1. The normalized spacial score (nSPS) is 14.0. The number of fused-ring (bicyclic) bond motifs is 1. The number of carbonyl (C=O) groups excluding carboxylic acids is 3. The summed E-state index contributed by atoms with van der Waals surface area (Å²) in [7, 11) is 0. The third kappa shape index (κ3) is 13.5. The maximum absolute atomic E-state index is 13.3. The predicted octanol–water partition coefficient (Wildman–Crippen LogP) is 10.0. The summed E-state index contributed by atoms with van der Waals surface area (Å²) in [5.74, 6) is -5.79. The monoisotopic (exact) mass is 943 g/mol. The summed E-state index contributed by atoms with van der Waals surface area (Å²) in [5.41, 5.74) is 5.13. The number of halogens is 6. The average Bonchev–Trinajstić information content (AvgIpc) is 3.31. The SMILES string of the molecule is O=C(Nc1ccccc1-c1ccccc1)OC1CCN(CCCc2ccc(Nc3ccc(CCNC[C@H](OC(=O)C(F)(F)F)c4ccc(OC(=O)C(F)(F)F)c5[nH]c(=O)ccc45)cc3)cc2)CC1. The van der Waals surface area contributed by atoms with E-state index in [0.717, 1.165) is 97.6 Å². The number of esters is 2. The van der Waals surface area contributed by atoms with E-state index in [9.17, 15) is 45.5 Å². The Labute approximate surface area is 386 Å². The van der Waals surface area contributed by atoms with Crippen LogP contribution in [0.5, 0.6) is 5.75 Å². The van der Waals surface area contributed by atoms with Gasteiger partial charge in [0.05, 0.1) is 11.2 Å². The van der Waals surface area contributed by atoms with Gasteiger partial charge >= 0.3 is 30.4 Å². The predicted molar refractivity (Wildman–Crippen MR) is 244 cm³/mol. The molecule has 1 aliphatic heterocycles. The topological polar surface area (TPSA) is 151 Å². The van der Waals surface area contributed by atoms with Crippen LogP contribution in [0.25, 0.3) is 22.0 Å². The Morgan fingerprint density at radius 2 is 1.35 bits per heavy atom. The number of ether oxygens (including phenoxy) is 3. The first-order valence-electron chi connectivity index (χ1n) is 21.8. The summed E-state index contributed by atoms with van der Waals surface area (Å²) in [6, 6.07) is 37.2. The standard InChI is InChI=1S/C50H47F6N5O7/c51-49(52,53)46(63)67-42-22-20-39(40-21-23-44(62)60-45(40)42)43(68-47(64)50(54,55)56)31-57-27-24-33-14-18-36(19-15-33)58-35-16-12-32(13-17-35)7-6-28-61-29-25-37(26-30-61)66-48(65)59-41-11-5-4-10-38(41)34-8-2-1-3-9-34/h1-5,8-23,37,43,57-58H,6-7,24-31H2,(H,59,65)(H,60,62)/t43-/m0/s1. The van der Waals surface area contributed by atoms with Crippen LogP contribution in [-0.4, -0.2) is 79.1 Å². The third-order valence-electron chi connectivity index (χ3n) is 11.3. The molecular formula is C50H47F6N5O7. The van der Waals surface area contributed by atoms with Gasteiger partial charge in [-0.05, 0) is 104 Å². The van der Waals surface area contributed by atoms with Gasteiger partial charge in [-0.1, -0.05) is 78.9 Å². The molecule has 18 heteroatoms. The molecule has 5 aromatic carbocycles. The second-order valence-electron chi connectivity index (χ2n) is 16.1. The second kappa shape index (κ2) is 22.1. The second-order valence-corrected chi connectivity index (χ2v) is 16.1. The van der Waals surface area contributed by atoms with Crippen molar-refractivity contribution in [2.45, 2.75) is 56.7 Å². The molecule has 7 rings (SSSR count). The fourth-order valence-electron chi connectivity index (χ4n) is 7.83. The van der Waals surface area contributed by atoms with Gasteiger partial charge in [-0.2, -0.15) is 26.3 Å². The number of H-pyrrole nitrogens is 1. The van der Waals surface area contributed by atoms with Crippen LogP contribution in [0.1, 0.15) is 42.1 Å². The highest BCUT2D eigenvalue weighted by Gasteiger charge is 2.43. The van der Waals surface area contributed by atoms with Crippen LogP contribution in [0, 0.1) is 0 Å². The summed E-state index contributed by atoms with van der Waals surface area (Å²) in [5, 5.41) is 9.14. The zero-order valence-corrected chi connectivity index (χ0v) is 36.4. The van der Waals surface area contributed by atoms with Gasteiger partial charge in [0.15, 0.2) is 5.75 Å². The Morgan fingerprint density at radius 3 is 2.01 bits per heavy atom. The highest BCUT2D eigenvalue weighted by molar-refractivity contribution is 5.92. The number of rotatable bonds is 17. The lowest BCUT2D eigenvalue weighted by molar-refractivity contribution is -0.205. The minimum absolute atomic E-state index is 0.0961. The summed E-state index contributed by atoms with van der Waals surface area (Å²) >= 11 is 0. The number of para-hydroxylation sites is 1. The number of benzene rings is 5. The molecule has 1 amide bonds. The van der Waals surface area contributed by atoms with Gasteiger partial charge < -0.3 is 34.7 Å². The van der Waals surface area contributed by atoms with E-state index >= 15 is 0 Å². The van der Waals surface area contributed by atoms with Crippen molar-refractivity contribution in [3.63, 3.8) is 0 Å². The highest BCUT2D eigenvalue weighted by Crippen LogP contribution is 2.34. The number of piperidine rings is 1. The van der Waals surface area contributed by atoms with Crippen molar-refractivity contribution < 1.29 is 54.9 Å². The van der Waals surface area contributed by atoms with Crippen molar-refractivity contribution in [3.8, 4) is 16.9 Å². The van der Waals surface area contributed by atoms with Gasteiger partial charge in [0.25, 0.3) is 0 Å². The van der Waals surface area contributed by atoms with Crippen molar-refractivity contribution in [2.24, 2.45) is 0 Å². The number of amides is 1. The number of nitrogens with zero attached hydrogens (tertiary/aromatic N) is 1. The van der Waals surface area contributed by atoms with E-state index in [1.165, 1.54) is 5.56 Å². The van der Waals surface area contributed by atoms with Crippen LogP contribution in [0.2, 0.25) is 0 Å². The van der Waals surface area contributed by atoms with Crippen molar-refractivity contribution in [3.05, 3.63) is 154 Å². The van der Waals surface area contributed by atoms with Crippen molar-refractivity contribution >= 4 is 46.0 Å². The van der Waals surface area contributed by atoms with Gasteiger partial charge in [0.2, 0.25) is 5.56 Å². The van der Waals surface area contributed by atoms with E-state index in [1.54, 1.807) is 0 Å². The van der Waals surface area contributed by atoms with Crippen LogP contribution in [-0.2, 0) is 31.9 Å². The molecule has 0 radical (unpaired) electrons. The third-order valence-corrected chi connectivity index (χ3v) is 11.3. The fraction of sp³-hybridized carbons (Fsp3) is 0.280. The number of aromatic nitrogens is 1. The number of pyridine rings is 1. The lowest BCUT2D eigenvalue weighted by Gasteiger charge is -2.31. The molecule has 0 bridgehead atoms. The molecule has 1 saturated heterocycles. The molecule has 1 fully saturated rings. The number of hydrogen-bond acceptors (Lipinski definition) is 10. The minimum Gasteiger partial charge on any atom is -0.449 e. The largest absolute Gasteiger partial charge is 0.491 e. The van der Waals surface area contributed by atoms with E-state index in [2.05, 4.69) is 42.7 Å². The smallest absolute Gasteiger partial charge is 0.449 e. The zero-order valence-electron chi connectivity index (χ0n) is 36.4. The van der Waals surface area contributed by atoms with Gasteiger partial charge in [0.1, 0.15) is 12.2 Å². The lowest BCUT2D eigenvalue weighted by Crippen LogP contribution is -2.39. The van der Waals surface area contributed by atoms with E-state index in [1.807, 2.05) is 91.0 Å². The summed E-state index contributed by atoms with van der Waals surface area (Å²) in [6.45, 7) is 2.50. The zero-order chi connectivity index (χ0) is 48.3. The van der Waals surface area contributed by atoms with Crippen LogP contribution < -0.4 is 26.2 Å². The van der Waals surface area contributed by atoms with Crippen LogP contribution >= 0.6 is 0 Å². The Hall–Kier alpha value is -7.18. The first-order valence-corrected chi connectivity index (χ1v) is 21.8. The number of alkyl halides is 6. The van der Waals surface area contributed by atoms with Gasteiger partial charge in [-0.25, -0.2) is 14.4 Å². The lowest BCUT2D eigenvalue weighted by atomic mass is 10.0. The summed E-state index contributed by atoms with van der Waals surface area (Å²) in [4.78, 5) is 53.0. The molecule has 4 N–H and O–H groups in total. The number of anilines is 3. The van der Waals surface area contributed by atoms with Crippen LogP contribution in [0.4, 0.5) is 48.2 Å². The van der Waals surface area contributed by atoms with E-state index in [-0.39, 0.29) is 30.1 Å². The molecule has 0 unspecified atom stereocenters. The molecule has 6 aromatic rings. The van der Waals surface area contributed by atoms with Crippen LogP contribution in [0.3, 0.4) is 0 Å². The van der Waals surface area contributed by atoms with E-state index in [4.69, 9.17) is 9.47 Å². The molecular weight excluding hydrogens is 897 g/mol. The first kappa shape index (κ1) is 48.7. The Kier molecular flexibility index (Phi) is 15.8. The molecule has 2 heterocycles. The van der Waals surface area contributed by atoms with Gasteiger partial charge in [-0.3, -0.25) is 10.1 Å². The van der Waals surface area contributed by atoms with E-state index in [0.29, 0.717) is 12.1 Å². The van der Waals surface area contributed by atoms with Crippen LogP contribution in [0.15, 0.2) is 132 Å². The molecule has 1 aliphatic rings. The van der Waals surface area contributed by atoms with Crippen molar-refractivity contribution in [1.82, 2.24) is 15.2 Å². The Balaban J connectivity index is 0.839. The number of hydrogen-bond donors (Lipinski definition) is 4. The Bertz CT molecular complexity index is 2720. The molecule has 1 aromatic heterocycles. The molecule has 12 nitrogen and oxygen atoms in total. The Morgan fingerprint density at radius 1 is 0.721 bits per heavy atom. The molecule has 1 atom stereocenters.